The summed E-state index contributed by atoms with van der Waals surface area (Å²) in [5, 5.41) is 1.11. The van der Waals surface area contributed by atoms with Crippen molar-refractivity contribution in [3.63, 3.8) is 0 Å². The smallest absolute Gasteiger partial charge is 0.134 e. The molecule has 0 radical (unpaired) electrons. The van der Waals surface area contributed by atoms with Gasteiger partial charge in [0.05, 0.1) is 13.7 Å². The van der Waals surface area contributed by atoms with Crippen LogP contribution in [-0.2, 0) is 13.1 Å². The molecule has 4 nitrogen and oxygen atoms in total. The lowest BCUT2D eigenvalue weighted by atomic mass is 10.0. The summed E-state index contributed by atoms with van der Waals surface area (Å²) in [4.78, 5) is 4.86. The van der Waals surface area contributed by atoms with E-state index >= 15 is 0 Å². The number of rotatable bonds is 6. The molecule has 0 spiro atoms. The number of benzene rings is 3. The van der Waals surface area contributed by atoms with Crippen LogP contribution in [0, 0.1) is 5.82 Å². The number of methoxy groups -OCH3 is 1. The first-order valence-corrected chi connectivity index (χ1v) is 11.5. The maximum atomic E-state index is 13.5. The van der Waals surface area contributed by atoms with Crippen LogP contribution in [0.25, 0.3) is 22.1 Å². The minimum Gasteiger partial charge on any atom is -0.496 e. The maximum Gasteiger partial charge on any atom is 0.134 e. The number of halogens is 1. The van der Waals surface area contributed by atoms with E-state index in [1.165, 1.54) is 6.07 Å². The first-order valence-electron chi connectivity index (χ1n) is 11.5. The lowest BCUT2D eigenvalue weighted by molar-refractivity contribution is 0.236. The van der Waals surface area contributed by atoms with E-state index in [1.807, 2.05) is 30.3 Å². The molecule has 5 rings (SSSR count). The van der Waals surface area contributed by atoms with Gasteiger partial charge in [0, 0.05) is 30.6 Å². The third-order valence-corrected chi connectivity index (χ3v) is 6.34. The molecule has 0 bridgehead atoms. The summed E-state index contributed by atoms with van der Waals surface area (Å²) < 4.78 is 25.2. The molecular formula is C28H29FN2O2. The second kappa shape index (κ2) is 9.77. The number of para-hydroxylation sites is 1. The van der Waals surface area contributed by atoms with Gasteiger partial charge in [0.25, 0.3) is 0 Å². The van der Waals surface area contributed by atoms with Gasteiger partial charge in [-0.05, 0) is 67.0 Å². The monoisotopic (exact) mass is 444 g/mol. The summed E-state index contributed by atoms with van der Waals surface area (Å²) in [6, 6.07) is 23.5. The van der Waals surface area contributed by atoms with Gasteiger partial charge < -0.3 is 9.15 Å². The van der Waals surface area contributed by atoms with Crippen LogP contribution in [0.2, 0.25) is 0 Å². The molecule has 1 saturated heterocycles. The first kappa shape index (κ1) is 21.7. The second-order valence-electron chi connectivity index (χ2n) is 8.70. The Hall–Kier alpha value is -3.15. The summed E-state index contributed by atoms with van der Waals surface area (Å²) in [6.07, 6.45) is 1.09. The third-order valence-electron chi connectivity index (χ3n) is 6.34. The standard InChI is InChI=1S/C28H29FN2O2/c1-32-28-9-3-2-8-26(28)22-10-11-27-23(17-22)18-25(33-27)20-31-13-5-12-30(14-15-31)19-21-6-4-7-24(29)16-21/h2-4,6-11,16-18H,5,12-15,19-20H2,1H3. The Bertz CT molecular complexity index is 1240. The van der Waals surface area contributed by atoms with Gasteiger partial charge in [0.2, 0.25) is 0 Å². The van der Waals surface area contributed by atoms with Gasteiger partial charge in [0.15, 0.2) is 0 Å². The Balaban J connectivity index is 1.25. The van der Waals surface area contributed by atoms with Crippen LogP contribution in [0.4, 0.5) is 4.39 Å². The Kier molecular flexibility index (Phi) is 6.42. The fourth-order valence-corrected chi connectivity index (χ4v) is 4.68. The van der Waals surface area contributed by atoms with Gasteiger partial charge >= 0.3 is 0 Å². The molecule has 170 valence electrons. The Morgan fingerprint density at radius 2 is 1.67 bits per heavy atom. The van der Waals surface area contributed by atoms with E-state index in [-0.39, 0.29) is 5.82 Å². The average Bonchev–Trinajstić information content (AvgIpc) is 3.10. The first-order chi connectivity index (χ1) is 16.2. The molecule has 4 aromatic rings. The zero-order chi connectivity index (χ0) is 22.6. The highest BCUT2D eigenvalue weighted by atomic mass is 19.1. The Labute approximate surface area is 194 Å². The molecule has 0 atom stereocenters. The van der Waals surface area contributed by atoms with Crippen LogP contribution in [0.3, 0.4) is 0 Å². The van der Waals surface area contributed by atoms with Crippen molar-refractivity contribution in [2.45, 2.75) is 19.5 Å². The van der Waals surface area contributed by atoms with Crippen molar-refractivity contribution in [3.8, 4) is 16.9 Å². The highest BCUT2D eigenvalue weighted by Gasteiger charge is 2.17. The van der Waals surface area contributed by atoms with E-state index in [0.29, 0.717) is 0 Å². The van der Waals surface area contributed by atoms with Crippen molar-refractivity contribution < 1.29 is 13.5 Å². The summed E-state index contributed by atoms with van der Waals surface area (Å²) in [5.41, 5.74) is 4.14. The van der Waals surface area contributed by atoms with Crippen LogP contribution < -0.4 is 4.74 Å². The summed E-state index contributed by atoms with van der Waals surface area (Å²) in [6.45, 7) is 5.58. The SMILES string of the molecule is COc1ccccc1-c1ccc2oc(CN3CCCN(Cc4cccc(F)c4)CC3)cc2c1. The molecule has 3 aromatic carbocycles. The molecule has 0 N–H and O–H groups in total. The predicted octanol–water partition coefficient (Wildman–Crippen LogP) is 5.96. The van der Waals surface area contributed by atoms with Crippen molar-refractivity contribution in [1.82, 2.24) is 9.80 Å². The van der Waals surface area contributed by atoms with Crippen LogP contribution in [-0.4, -0.2) is 43.1 Å². The molecule has 1 aliphatic rings. The fourth-order valence-electron chi connectivity index (χ4n) is 4.68. The number of fused-ring (bicyclic) bond motifs is 1. The molecule has 0 unspecified atom stereocenters. The molecule has 1 fully saturated rings. The summed E-state index contributed by atoms with van der Waals surface area (Å²) >= 11 is 0. The number of ether oxygens (including phenoxy) is 1. The van der Waals surface area contributed by atoms with Gasteiger partial charge in [-0.2, -0.15) is 0 Å². The lowest BCUT2D eigenvalue weighted by Crippen LogP contribution is -2.30. The number of furan rings is 1. The highest BCUT2D eigenvalue weighted by molar-refractivity contribution is 5.85. The molecule has 0 amide bonds. The van der Waals surface area contributed by atoms with E-state index < -0.39 is 0 Å². The van der Waals surface area contributed by atoms with E-state index in [4.69, 9.17) is 9.15 Å². The zero-order valence-corrected chi connectivity index (χ0v) is 19.0. The normalized spacial score (nSPS) is 15.6. The molecule has 1 aliphatic heterocycles. The molecule has 1 aromatic heterocycles. The molecular weight excluding hydrogens is 415 g/mol. The highest BCUT2D eigenvalue weighted by Crippen LogP contribution is 2.32. The van der Waals surface area contributed by atoms with Gasteiger partial charge in [-0.1, -0.05) is 36.4 Å². The van der Waals surface area contributed by atoms with Gasteiger partial charge in [-0.3, -0.25) is 9.80 Å². The third kappa shape index (κ3) is 5.10. The van der Waals surface area contributed by atoms with Crippen LogP contribution in [0.1, 0.15) is 17.7 Å². The Morgan fingerprint density at radius 1 is 0.848 bits per heavy atom. The minimum atomic E-state index is -0.164. The zero-order valence-electron chi connectivity index (χ0n) is 19.0. The van der Waals surface area contributed by atoms with Crippen LogP contribution in [0.15, 0.2) is 77.2 Å². The van der Waals surface area contributed by atoms with Gasteiger partial charge in [-0.15, -0.1) is 0 Å². The van der Waals surface area contributed by atoms with Crippen LogP contribution >= 0.6 is 0 Å². The number of hydrogen-bond donors (Lipinski definition) is 0. The maximum absolute atomic E-state index is 13.5. The largest absolute Gasteiger partial charge is 0.496 e. The van der Waals surface area contributed by atoms with Crippen molar-refractivity contribution in [2.24, 2.45) is 0 Å². The second-order valence-corrected chi connectivity index (χ2v) is 8.70. The number of nitrogens with zero attached hydrogens (tertiary/aromatic N) is 2. The molecule has 0 saturated carbocycles. The van der Waals surface area contributed by atoms with Crippen LogP contribution in [0.5, 0.6) is 5.75 Å². The molecule has 2 heterocycles. The van der Waals surface area contributed by atoms with Gasteiger partial charge in [-0.25, -0.2) is 4.39 Å². The average molecular weight is 445 g/mol. The Morgan fingerprint density at radius 3 is 2.48 bits per heavy atom. The lowest BCUT2D eigenvalue weighted by Gasteiger charge is -2.21. The predicted molar refractivity (Wildman–Crippen MR) is 130 cm³/mol. The minimum absolute atomic E-state index is 0.164. The van der Waals surface area contributed by atoms with E-state index in [2.05, 4.69) is 34.1 Å². The van der Waals surface area contributed by atoms with Gasteiger partial charge in [0.1, 0.15) is 22.9 Å². The van der Waals surface area contributed by atoms with Crippen molar-refractivity contribution in [3.05, 3.63) is 89.9 Å². The topological polar surface area (TPSA) is 28.9 Å². The van der Waals surface area contributed by atoms with E-state index in [0.717, 1.165) is 84.9 Å². The quantitative estimate of drug-likeness (QED) is 0.367. The molecule has 5 heteroatoms. The fraction of sp³-hybridized carbons (Fsp3) is 0.286. The summed E-state index contributed by atoms with van der Waals surface area (Å²) in [5.74, 6) is 1.69. The molecule has 33 heavy (non-hydrogen) atoms. The molecule has 0 aliphatic carbocycles. The van der Waals surface area contributed by atoms with Crippen molar-refractivity contribution in [1.29, 1.82) is 0 Å². The van der Waals surface area contributed by atoms with Crippen molar-refractivity contribution >= 4 is 11.0 Å². The van der Waals surface area contributed by atoms with E-state index in [1.54, 1.807) is 19.2 Å². The number of hydrogen-bond acceptors (Lipinski definition) is 4. The van der Waals surface area contributed by atoms with Crippen molar-refractivity contribution in [2.75, 3.05) is 33.3 Å². The van der Waals surface area contributed by atoms with E-state index in [9.17, 15) is 4.39 Å². The summed E-state index contributed by atoms with van der Waals surface area (Å²) in [7, 11) is 1.70.